The van der Waals surface area contributed by atoms with Crippen LogP contribution in [0.4, 0.5) is 0 Å². The average Bonchev–Trinajstić information content (AvgIpc) is 2.93. The molecule has 1 aromatic rings. The van der Waals surface area contributed by atoms with Crippen molar-refractivity contribution in [3.05, 3.63) is 42.0 Å². The fourth-order valence-electron chi connectivity index (χ4n) is 1.65. The number of aliphatic hydroxyl groups is 1. The molecule has 0 bridgehead atoms. The summed E-state index contributed by atoms with van der Waals surface area (Å²) in [6, 6.07) is 7.93. The highest BCUT2D eigenvalue weighted by molar-refractivity contribution is 5.30. The fourth-order valence-corrected chi connectivity index (χ4v) is 1.65. The van der Waals surface area contributed by atoms with Gasteiger partial charge in [-0.2, -0.15) is 0 Å². The highest BCUT2D eigenvalue weighted by Crippen LogP contribution is 2.38. The smallest absolute Gasteiger partial charge is 0.120 e. The Balaban J connectivity index is 1.98. The summed E-state index contributed by atoms with van der Waals surface area (Å²) in [5.74, 6) is 0.852. The average molecular weight is 218 g/mol. The second-order valence-electron chi connectivity index (χ2n) is 4.79. The quantitative estimate of drug-likeness (QED) is 0.770. The SMILES string of the molecule is C=C(C)COc1cccc(CC2(O)CC2)c1. The molecule has 0 spiro atoms. The van der Waals surface area contributed by atoms with E-state index in [1.165, 1.54) is 0 Å². The molecular weight excluding hydrogens is 200 g/mol. The molecule has 1 aliphatic carbocycles. The minimum absolute atomic E-state index is 0.438. The van der Waals surface area contributed by atoms with Crippen molar-refractivity contribution in [2.24, 2.45) is 0 Å². The molecule has 1 fully saturated rings. The lowest BCUT2D eigenvalue weighted by atomic mass is 10.1. The monoisotopic (exact) mass is 218 g/mol. The minimum Gasteiger partial charge on any atom is -0.489 e. The van der Waals surface area contributed by atoms with Crippen LogP contribution in [-0.2, 0) is 6.42 Å². The zero-order valence-electron chi connectivity index (χ0n) is 9.70. The van der Waals surface area contributed by atoms with Crippen LogP contribution in [0.15, 0.2) is 36.4 Å². The van der Waals surface area contributed by atoms with Gasteiger partial charge in [0.2, 0.25) is 0 Å². The van der Waals surface area contributed by atoms with Crippen LogP contribution in [0.5, 0.6) is 5.75 Å². The van der Waals surface area contributed by atoms with E-state index in [1.807, 2.05) is 31.2 Å². The van der Waals surface area contributed by atoms with Gasteiger partial charge in [-0.15, -0.1) is 0 Å². The molecule has 16 heavy (non-hydrogen) atoms. The van der Waals surface area contributed by atoms with Gasteiger partial charge in [0.25, 0.3) is 0 Å². The predicted octanol–water partition coefficient (Wildman–Crippen LogP) is 2.71. The maximum absolute atomic E-state index is 9.84. The van der Waals surface area contributed by atoms with Gasteiger partial charge >= 0.3 is 0 Å². The summed E-state index contributed by atoms with van der Waals surface area (Å²) < 4.78 is 5.56. The van der Waals surface area contributed by atoms with Crippen LogP contribution in [-0.4, -0.2) is 17.3 Å². The van der Waals surface area contributed by atoms with Gasteiger partial charge in [-0.3, -0.25) is 0 Å². The Hall–Kier alpha value is -1.28. The minimum atomic E-state index is -0.438. The first-order valence-electron chi connectivity index (χ1n) is 5.66. The lowest BCUT2D eigenvalue weighted by Gasteiger charge is -2.10. The Morgan fingerprint density at radius 2 is 2.25 bits per heavy atom. The fraction of sp³-hybridized carbons (Fsp3) is 0.429. The van der Waals surface area contributed by atoms with Crippen molar-refractivity contribution < 1.29 is 9.84 Å². The first-order valence-corrected chi connectivity index (χ1v) is 5.66. The van der Waals surface area contributed by atoms with Crippen LogP contribution in [0.1, 0.15) is 25.3 Å². The van der Waals surface area contributed by atoms with Crippen molar-refractivity contribution in [2.75, 3.05) is 6.61 Å². The van der Waals surface area contributed by atoms with Crippen LogP contribution in [0.25, 0.3) is 0 Å². The Bertz CT molecular complexity index is 391. The number of hydrogen-bond donors (Lipinski definition) is 1. The first-order chi connectivity index (χ1) is 7.57. The van der Waals surface area contributed by atoms with E-state index in [-0.39, 0.29) is 0 Å². The van der Waals surface area contributed by atoms with E-state index >= 15 is 0 Å². The largest absolute Gasteiger partial charge is 0.489 e. The number of hydrogen-bond acceptors (Lipinski definition) is 2. The molecule has 0 aliphatic heterocycles. The van der Waals surface area contributed by atoms with E-state index in [4.69, 9.17) is 4.74 Å². The van der Waals surface area contributed by atoms with Crippen LogP contribution >= 0.6 is 0 Å². The van der Waals surface area contributed by atoms with Crippen molar-refractivity contribution in [1.82, 2.24) is 0 Å². The summed E-state index contributed by atoms with van der Waals surface area (Å²) >= 11 is 0. The Kier molecular flexibility index (Phi) is 3.01. The molecule has 0 heterocycles. The second kappa shape index (κ2) is 4.30. The van der Waals surface area contributed by atoms with Crippen molar-refractivity contribution >= 4 is 0 Å². The van der Waals surface area contributed by atoms with Gasteiger partial charge in [0, 0.05) is 6.42 Å². The summed E-state index contributed by atoms with van der Waals surface area (Å²) in [7, 11) is 0. The normalized spacial score (nSPS) is 16.9. The summed E-state index contributed by atoms with van der Waals surface area (Å²) in [5.41, 5.74) is 1.71. The Morgan fingerprint density at radius 1 is 1.50 bits per heavy atom. The van der Waals surface area contributed by atoms with Gasteiger partial charge in [-0.05, 0) is 43.0 Å². The van der Waals surface area contributed by atoms with Crippen molar-refractivity contribution in [3.8, 4) is 5.75 Å². The molecule has 1 saturated carbocycles. The summed E-state index contributed by atoms with van der Waals surface area (Å²) in [6.07, 6.45) is 2.57. The molecule has 0 amide bonds. The predicted molar refractivity (Wildman–Crippen MR) is 64.6 cm³/mol. The number of benzene rings is 1. The molecule has 1 aromatic carbocycles. The summed E-state index contributed by atoms with van der Waals surface area (Å²) in [4.78, 5) is 0. The van der Waals surface area contributed by atoms with Gasteiger partial charge < -0.3 is 9.84 Å². The lowest BCUT2D eigenvalue weighted by molar-refractivity contribution is 0.151. The van der Waals surface area contributed by atoms with E-state index < -0.39 is 5.60 Å². The second-order valence-corrected chi connectivity index (χ2v) is 4.79. The molecule has 1 aliphatic rings. The number of rotatable bonds is 5. The maximum Gasteiger partial charge on any atom is 0.120 e. The van der Waals surface area contributed by atoms with Gasteiger partial charge in [-0.1, -0.05) is 18.7 Å². The first kappa shape index (κ1) is 11.2. The van der Waals surface area contributed by atoms with Crippen molar-refractivity contribution in [3.63, 3.8) is 0 Å². The van der Waals surface area contributed by atoms with Gasteiger partial charge in [0.15, 0.2) is 0 Å². The van der Waals surface area contributed by atoms with Gasteiger partial charge in [0.1, 0.15) is 12.4 Å². The molecule has 0 unspecified atom stereocenters. The van der Waals surface area contributed by atoms with Crippen LogP contribution in [0.2, 0.25) is 0 Å². The molecule has 0 aromatic heterocycles. The van der Waals surface area contributed by atoms with Crippen LogP contribution in [0.3, 0.4) is 0 Å². The molecule has 2 heteroatoms. The van der Waals surface area contributed by atoms with E-state index in [1.54, 1.807) is 0 Å². The molecule has 1 N–H and O–H groups in total. The van der Waals surface area contributed by atoms with Gasteiger partial charge in [0.05, 0.1) is 5.60 Å². The Morgan fingerprint density at radius 3 is 2.88 bits per heavy atom. The molecule has 2 rings (SSSR count). The van der Waals surface area contributed by atoms with Crippen molar-refractivity contribution in [1.29, 1.82) is 0 Å². The third-order valence-corrected chi connectivity index (χ3v) is 2.74. The van der Waals surface area contributed by atoms with E-state index in [0.717, 1.165) is 36.1 Å². The van der Waals surface area contributed by atoms with Crippen molar-refractivity contribution in [2.45, 2.75) is 31.8 Å². The molecule has 0 saturated heterocycles. The highest BCUT2D eigenvalue weighted by Gasteiger charge is 2.40. The standard InChI is InChI=1S/C14H18O2/c1-11(2)10-16-13-5-3-4-12(8-13)9-14(15)6-7-14/h3-5,8,15H,1,6-7,9-10H2,2H3. The van der Waals surface area contributed by atoms with E-state index in [2.05, 4.69) is 6.58 Å². The zero-order chi connectivity index (χ0) is 11.6. The maximum atomic E-state index is 9.84. The third-order valence-electron chi connectivity index (χ3n) is 2.74. The number of ether oxygens (including phenoxy) is 1. The Labute approximate surface area is 96.6 Å². The van der Waals surface area contributed by atoms with Gasteiger partial charge in [-0.25, -0.2) is 0 Å². The molecule has 86 valence electrons. The molecule has 0 atom stereocenters. The third kappa shape index (κ3) is 3.11. The summed E-state index contributed by atoms with van der Waals surface area (Å²) in [6.45, 7) is 6.29. The molecular formula is C14H18O2. The van der Waals surface area contributed by atoms with E-state index in [0.29, 0.717) is 6.61 Å². The zero-order valence-corrected chi connectivity index (χ0v) is 9.70. The lowest BCUT2D eigenvalue weighted by Crippen LogP contribution is -2.10. The molecule has 0 radical (unpaired) electrons. The molecule has 2 nitrogen and oxygen atoms in total. The summed E-state index contributed by atoms with van der Waals surface area (Å²) in [5, 5.41) is 9.84. The highest BCUT2D eigenvalue weighted by atomic mass is 16.5. The van der Waals surface area contributed by atoms with E-state index in [9.17, 15) is 5.11 Å². The van der Waals surface area contributed by atoms with Crippen LogP contribution in [0, 0.1) is 0 Å². The topological polar surface area (TPSA) is 29.5 Å². The van der Waals surface area contributed by atoms with Crippen LogP contribution < -0.4 is 4.74 Å².